The maximum Gasteiger partial charge on any atom is 0.254 e. The van der Waals surface area contributed by atoms with E-state index in [1.54, 1.807) is 23.1 Å². The van der Waals surface area contributed by atoms with Crippen LogP contribution in [0.2, 0.25) is 0 Å². The highest BCUT2D eigenvalue weighted by Gasteiger charge is 2.27. The number of aryl methyl sites for hydroxylation is 1. The van der Waals surface area contributed by atoms with Crippen molar-refractivity contribution in [3.63, 3.8) is 0 Å². The monoisotopic (exact) mass is 461 g/mol. The largest absolute Gasteiger partial charge is 0.454 e. The van der Waals surface area contributed by atoms with Gasteiger partial charge in [0.1, 0.15) is 6.54 Å². The van der Waals surface area contributed by atoms with E-state index in [1.807, 2.05) is 79.0 Å². The molecule has 1 aliphatic rings. The third-order valence-corrected chi connectivity index (χ3v) is 6.28. The molecule has 7 nitrogen and oxygen atoms in total. The zero-order chi connectivity index (χ0) is 24.1. The van der Waals surface area contributed by atoms with Gasteiger partial charge in [0, 0.05) is 37.1 Å². The lowest BCUT2D eigenvalue weighted by atomic mass is 10.1. The van der Waals surface area contributed by atoms with Gasteiger partial charge in [0.05, 0.1) is 6.54 Å². The molecule has 0 N–H and O–H groups in total. The summed E-state index contributed by atoms with van der Waals surface area (Å²) in [6.45, 7) is 5.06. The Kier molecular flexibility index (Phi) is 7.21. The van der Waals surface area contributed by atoms with E-state index in [0.717, 1.165) is 17.7 Å². The number of carbonyl (C=O) groups is 2. The molecule has 0 bridgehead atoms. The molecular formula is C27H31N3O4. The Balaban J connectivity index is 1.56. The molecule has 1 unspecified atom stereocenters. The Bertz CT molecular complexity index is 1140. The van der Waals surface area contributed by atoms with Crippen molar-refractivity contribution in [2.75, 3.05) is 13.3 Å². The fourth-order valence-corrected chi connectivity index (χ4v) is 3.98. The Hall–Kier alpha value is -3.74. The molecule has 1 atom stereocenters. The number of fused-ring (bicyclic) bond motifs is 1. The minimum absolute atomic E-state index is 0.000458. The number of hydrogen-bond acceptors (Lipinski definition) is 4. The molecule has 0 fully saturated rings. The summed E-state index contributed by atoms with van der Waals surface area (Å²) < 4.78 is 12.8. The predicted molar refractivity (Wildman–Crippen MR) is 129 cm³/mol. The first-order chi connectivity index (χ1) is 16.5. The molecule has 0 saturated carbocycles. The highest BCUT2D eigenvalue weighted by molar-refractivity contribution is 5.97. The molecule has 2 aromatic carbocycles. The van der Waals surface area contributed by atoms with E-state index >= 15 is 0 Å². The number of nitrogens with zero attached hydrogens (tertiary/aromatic N) is 3. The normalized spacial score (nSPS) is 12.9. The van der Waals surface area contributed by atoms with Crippen molar-refractivity contribution in [3.8, 4) is 11.5 Å². The number of carbonyl (C=O) groups excluding carboxylic acids is 2. The fourth-order valence-electron chi connectivity index (χ4n) is 3.98. The molecular weight excluding hydrogens is 430 g/mol. The summed E-state index contributed by atoms with van der Waals surface area (Å²) >= 11 is 0. The van der Waals surface area contributed by atoms with Gasteiger partial charge in [-0.25, -0.2) is 0 Å². The van der Waals surface area contributed by atoms with E-state index in [-0.39, 0.29) is 31.2 Å². The summed E-state index contributed by atoms with van der Waals surface area (Å²) in [5, 5.41) is 0. The summed E-state index contributed by atoms with van der Waals surface area (Å²) in [7, 11) is 1.97. The highest BCUT2D eigenvalue weighted by Crippen LogP contribution is 2.33. The van der Waals surface area contributed by atoms with Gasteiger partial charge in [-0.05, 0) is 49.2 Å². The Morgan fingerprint density at radius 1 is 1.00 bits per heavy atom. The number of hydrogen-bond donors (Lipinski definition) is 0. The number of ether oxygens (including phenoxy) is 2. The van der Waals surface area contributed by atoms with Crippen LogP contribution < -0.4 is 9.47 Å². The van der Waals surface area contributed by atoms with Crippen LogP contribution in [0.15, 0.2) is 66.9 Å². The first-order valence-electron chi connectivity index (χ1n) is 11.6. The maximum absolute atomic E-state index is 13.6. The molecule has 1 aromatic heterocycles. The number of aromatic nitrogens is 1. The van der Waals surface area contributed by atoms with E-state index < -0.39 is 0 Å². The average molecular weight is 462 g/mol. The number of benzene rings is 2. The Morgan fingerprint density at radius 2 is 1.76 bits per heavy atom. The smallest absolute Gasteiger partial charge is 0.254 e. The van der Waals surface area contributed by atoms with Crippen molar-refractivity contribution in [1.82, 2.24) is 14.4 Å². The van der Waals surface area contributed by atoms with Crippen LogP contribution >= 0.6 is 0 Å². The minimum atomic E-state index is -0.195. The standard InChI is InChI=1S/C27H31N3O4/c1-4-20(2)30(27(32)22-12-13-24-25(15-22)34-19-33-24)18-26(31)29(16-21-9-6-5-7-10-21)17-23-11-8-14-28(23)3/h5-15,20H,4,16-19H2,1-3H3. The maximum atomic E-state index is 13.6. The zero-order valence-corrected chi connectivity index (χ0v) is 19.9. The van der Waals surface area contributed by atoms with Gasteiger partial charge in [0.15, 0.2) is 11.5 Å². The van der Waals surface area contributed by atoms with Crippen LogP contribution in [0, 0.1) is 0 Å². The van der Waals surface area contributed by atoms with Crippen molar-refractivity contribution in [2.45, 2.75) is 39.4 Å². The van der Waals surface area contributed by atoms with Gasteiger partial charge in [0.2, 0.25) is 12.7 Å². The van der Waals surface area contributed by atoms with Crippen LogP contribution in [0.3, 0.4) is 0 Å². The number of amides is 2. The van der Waals surface area contributed by atoms with Gasteiger partial charge < -0.3 is 23.8 Å². The lowest BCUT2D eigenvalue weighted by Crippen LogP contribution is -2.46. The summed E-state index contributed by atoms with van der Waals surface area (Å²) in [6.07, 6.45) is 2.70. The van der Waals surface area contributed by atoms with E-state index in [2.05, 4.69) is 0 Å². The molecule has 7 heteroatoms. The molecule has 2 amide bonds. The highest BCUT2D eigenvalue weighted by atomic mass is 16.7. The third kappa shape index (κ3) is 5.25. The van der Waals surface area contributed by atoms with Crippen molar-refractivity contribution in [1.29, 1.82) is 0 Å². The molecule has 1 aliphatic heterocycles. The number of rotatable bonds is 9. The summed E-state index contributed by atoms with van der Waals surface area (Å²) in [5.74, 6) is 0.883. The molecule has 4 rings (SSSR count). The predicted octanol–water partition coefficient (Wildman–Crippen LogP) is 4.22. The van der Waals surface area contributed by atoms with Crippen LogP contribution in [0.1, 0.15) is 41.9 Å². The SMILES string of the molecule is CCC(C)N(CC(=O)N(Cc1ccccc1)Cc1cccn1C)C(=O)c1ccc2c(c1)OCO2. The van der Waals surface area contributed by atoms with E-state index in [1.165, 1.54) is 0 Å². The molecule has 0 saturated heterocycles. The second-order valence-corrected chi connectivity index (χ2v) is 8.60. The molecule has 2 heterocycles. The molecule has 0 spiro atoms. The van der Waals surface area contributed by atoms with Crippen LogP contribution in [0.25, 0.3) is 0 Å². The minimum Gasteiger partial charge on any atom is -0.454 e. The molecule has 34 heavy (non-hydrogen) atoms. The van der Waals surface area contributed by atoms with Crippen LogP contribution in [0.4, 0.5) is 0 Å². The molecule has 178 valence electrons. The van der Waals surface area contributed by atoms with Crippen LogP contribution in [-0.2, 0) is 24.9 Å². The topological polar surface area (TPSA) is 64.0 Å². The van der Waals surface area contributed by atoms with Gasteiger partial charge >= 0.3 is 0 Å². The second-order valence-electron chi connectivity index (χ2n) is 8.60. The van der Waals surface area contributed by atoms with E-state index in [0.29, 0.717) is 30.2 Å². The Morgan fingerprint density at radius 3 is 2.47 bits per heavy atom. The summed E-state index contributed by atoms with van der Waals surface area (Å²) in [5.41, 5.74) is 2.55. The lowest BCUT2D eigenvalue weighted by molar-refractivity contribution is -0.133. The van der Waals surface area contributed by atoms with Crippen molar-refractivity contribution >= 4 is 11.8 Å². The molecule has 0 aliphatic carbocycles. The average Bonchev–Trinajstić information content (AvgIpc) is 3.49. The zero-order valence-electron chi connectivity index (χ0n) is 19.9. The van der Waals surface area contributed by atoms with Crippen LogP contribution in [-0.4, -0.2) is 45.6 Å². The van der Waals surface area contributed by atoms with Gasteiger partial charge in [0.25, 0.3) is 5.91 Å². The lowest BCUT2D eigenvalue weighted by Gasteiger charge is -2.31. The van der Waals surface area contributed by atoms with Crippen molar-refractivity contribution in [2.24, 2.45) is 7.05 Å². The van der Waals surface area contributed by atoms with Gasteiger partial charge in [-0.3, -0.25) is 9.59 Å². The first kappa shape index (κ1) is 23.4. The third-order valence-electron chi connectivity index (χ3n) is 6.28. The molecule has 3 aromatic rings. The quantitative estimate of drug-likeness (QED) is 0.479. The van der Waals surface area contributed by atoms with Crippen molar-refractivity contribution in [3.05, 3.63) is 83.7 Å². The summed E-state index contributed by atoms with van der Waals surface area (Å²) in [6, 6.07) is 18.9. The van der Waals surface area contributed by atoms with E-state index in [9.17, 15) is 9.59 Å². The van der Waals surface area contributed by atoms with Gasteiger partial charge in [-0.1, -0.05) is 37.3 Å². The second kappa shape index (κ2) is 10.5. The Labute approximate surface area is 200 Å². The first-order valence-corrected chi connectivity index (χ1v) is 11.6. The van der Waals surface area contributed by atoms with Crippen LogP contribution in [0.5, 0.6) is 11.5 Å². The fraction of sp³-hybridized carbons (Fsp3) is 0.333. The van der Waals surface area contributed by atoms with E-state index in [4.69, 9.17) is 9.47 Å². The van der Waals surface area contributed by atoms with Gasteiger partial charge in [-0.15, -0.1) is 0 Å². The van der Waals surface area contributed by atoms with Gasteiger partial charge in [-0.2, -0.15) is 0 Å². The van der Waals surface area contributed by atoms with Crippen molar-refractivity contribution < 1.29 is 19.1 Å². The molecule has 0 radical (unpaired) electrons. The summed E-state index contributed by atoms with van der Waals surface area (Å²) in [4.78, 5) is 30.6.